The minimum absolute atomic E-state index is 0.297. The van der Waals surface area contributed by atoms with E-state index >= 15 is 0 Å². The summed E-state index contributed by atoms with van der Waals surface area (Å²) < 4.78 is 40.0. The highest BCUT2D eigenvalue weighted by Gasteiger charge is 2.19. The molecule has 7 nitrogen and oxygen atoms in total. The Labute approximate surface area is 160 Å². The molecule has 1 saturated heterocycles. The van der Waals surface area contributed by atoms with E-state index in [1.165, 1.54) is 12.6 Å². The van der Waals surface area contributed by atoms with E-state index in [1.807, 2.05) is 0 Å². The molecule has 2 amide bonds. The number of halogens is 3. The number of aromatic nitrogens is 2. The number of anilines is 4. The van der Waals surface area contributed by atoms with Crippen molar-refractivity contribution in [3.8, 4) is 0 Å². The molecule has 1 aromatic carbocycles. The minimum Gasteiger partial charge on any atom is -0.361 e. The molecule has 0 saturated carbocycles. The van der Waals surface area contributed by atoms with E-state index in [2.05, 4.69) is 25.5 Å². The van der Waals surface area contributed by atoms with Crippen LogP contribution in [-0.2, 0) is 0 Å². The lowest BCUT2D eigenvalue weighted by atomic mass is 10.1. The van der Waals surface area contributed by atoms with E-state index in [1.54, 1.807) is 19.0 Å². The Bertz CT molecular complexity index is 871. The summed E-state index contributed by atoms with van der Waals surface area (Å²) in [7, 11) is 3.53. The molecule has 3 rings (SSSR count). The summed E-state index contributed by atoms with van der Waals surface area (Å²) in [6.07, 6.45) is 4.79. The maximum Gasteiger partial charge on any atom is 0.323 e. The molecule has 28 heavy (non-hydrogen) atoms. The molecule has 150 valence electrons. The Balaban J connectivity index is 1.77. The molecule has 1 aromatic heterocycles. The molecule has 0 aliphatic carbocycles. The molecule has 0 unspecified atom stereocenters. The molecule has 2 aromatic rings. The fourth-order valence-electron chi connectivity index (χ4n) is 2.94. The second-order valence-corrected chi connectivity index (χ2v) is 6.65. The zero-order chi connectivity index (χ0) is 20.3. The standard InChI is InChI=1S/C18H21F3N6O/c1-26(2)16-13(10-22-17(25-16)27-8-4-3-5-9-27)24-18(28)23-12-7-6-11(19)14(20)15(12)21/h6-7,10H,3-5,8-9H2,1-2H3,(H2,23,24,28). The van der Waals surface area contributed by atoms with Crippen molar-refractivity contribution in [2.75, 3.05) is 47.6 Å². The number of amides is 2. The van der Waals surface area contributed by atoms with Gasteiger partial charge in [-0.1, -0.05) is 0 Å². The first-order chi connectivity index (χ1) is 13.4. The van der Waals surface area contributed by atoms with Crippen LogP contribution in [0.1, 0.15) is 19.3 Å². The average Bonchev–Trinajstić information content (AvgIpc) is 2.69. The second kappa shape index (κ2) is 8.32. The van der Waals surface area contributed by atoms with Crippen LogP contribution in [0, 0.1) is 17.5 Å². The van der Waals surface area contributed by atoms with Crippen LogP contribution in [0.2, 0.25) is 0 Å². The van der Waals surface area contributed by atoms with Gasteiger partial charge in [-0.25, -0.2) is 22.9 Å². The quantitative estimate of drug-likeness (QED) is 0.776. The Morgan fingerprint density at radius 1 is 1.04 bits per heavy atom. The van der Waals surface area contributed by atoms with Gasteiger partial charge in [0.15, 0.2) is 23.3 Å². The third kappa shape index (κ3) is 4.26. The van der Waals surface area contributed by atoms with Gasteiger partial charge in [0.05, 0.1) is 11.9 Å². The van der Waals surface area contributed by atoms with Gasteiger partial charge >= 0.3 is 6.03 Å². The maximum absolute atomic E-state index is 13.7. The van der Waals surface area contributed by atoms with Crippen molar-refractivity contribution in [3.63, 3.8) is 0 Å². The van der Waals surface area contributed by atoms with Crippen molar-refractivity contribution < 1.29 is 18.0 Å². The molecule has 2 heterocycles. The molecule has 0 bridgehead atoms. The highest BCUT2D eigenvalue weighted by atomic mass is 19.2. The lowest BCUT2D eigenvalue weighted by Gasteiger charge is -2.28. The zero-order valence-electron chi connectivity index (χ0n) is 15.6. The van der Waals surface area contributed by atoms with Crippen LogP contribution < -0.4 is 20.4 Å². The second-order valence-electron chi connectivity index (χ2n) is 6.65. The van der Waals surface area contributed by atoms with Gasteiger partial charge in [-0.05, 0) is 31.4 Å². The van der Waals surface area contributed by atoms with E-state index in [-0.39, 0.29) is 0 Å². The number of piperidine rings is 1. The Kier molecular flexibility index (Phi) is 5.86. The topological polar surface area (TPSA) is 73.4 Å². The molecular weight excluding hydrogens is 373 g/mol. The summed E-state index contributed by atoms with van der Waals surface area (Å²) in [6.45, 7) is 1.74. The highest BCUT2D eigenvalue weighted by Crippen LogP contribution is 2.26. The summed E-state index contributed by atoms with van der Waals surface area (Å²) in [6, 6.07) is 0.841. The summed E-state index contributed by atoms with van der Waals surface area (Å²) >= 11 is 0. The van der Waals surface area contributed by atoms with Crippen LogP contribution in [-0.4, -0.2) is 43.2 Å². The van der Waals surface area contributed by atoms with Crippen molar-refractivity contribution in [1.82, 2.24) is 9.97 Å². The number of rotatable bonds is 4. The monoisotopic (exact) mass is 394 g/mol. The van der Waals surface area contributed by atoms with E-state index < -0.39 is 29.2 Å². The van der Waals surface area contributed by atoms with Crippen molar-refractivity contribution in [3.05, 3.63) is 35.8 Å². The Hall–Kier alpha value is -3.04. The van der Waals surface area contributed by atoms with Gasteiger partial charge in [-0.2, -0.15) is 4.98 Å². The summed E-state index contributed by atoms with van der Waals surface area (Å²) in [4.78, 5) is 24.8. The van der Waals surface area contributed by atoms with Gasteiger partial charge in [0.2, 0.25) is 5.95 Å². The van der Waals surface area contributed by atoms with Gasteiger partial charge in [-0.15, -0.1) is 0 Å². The first-order valence-electron chi connectivity index (χ1n) is 8.87. The van der Waals surface area contributed by atoms with Crippen LogP contribution in [0.15, 0.2) is 18.3 Å². The summed E-state index contributed by atoms with van der Waals surface area (Å²) in [5.74, 6) is -3.42. The highest BCUT2D eigenvalue weighted by molar-refractivity contribution is 6.01. The number of nitrogens with zero attached hydrogens (tertiary/aromatic N) is 4. The van der Waals surface area contributed by atoms with Crippen molar-refractivity contribution >= 4 is 29.2 Å². The SMILES string of the molecule is CN(C)c1nc(N2CCCCC2)ncc1NC(=O)Nc1ccc(F)c(F)c1F. The van der Waals surface area contributed by atoms with Gasteiger partial charge < -0.3 is 20.4 Å². The van der Waals surface area contributed by atoms with E-state index in [4.69, 9.17) is 0 Å². The maximum atomic E-state index is 13.7. The zero-order valence-corrected chi connectivity index (χ0v) is 15.6. The molecule has 1 aliphatic rings. The Morgan fingerprint density at radius 3 is 2.39 bits per heavy atom. The number of carbonyl (C=O) groups is 1. The van der Waals surface area contributed by atoms with Gasteiger partial charge in [-0.3, -0.25) is 0 Å². The summed E-state index contributed by atoms with van der Waals surface area (Å²) in [5.41, 5.74) is -0.181. The number of urea groups is 1. The van der Waals surface area contributed by atoms with Crippen molar-refractivity contribution in [1.29, 1.82) is 0 Å². The van der Waals surface area contributed by atoms with Crippen molar-refractivity contribution in [2.24, 2.45) is 0 Å². The number of nitrogens with one attached hydrogen (secondary N) is 2. The molecule has 0 radical (unpaired) electrons. The van der Waals surface area contributed by atoms with Crippen LogP contribution >= 0.6 is 0 Å². The van der Waals surface area contributed by atoms with Crippen LogP contribution in [0.3, 0.4) is 0 Å². The van der Waals surface area contributed by atoms with Crippen LogP contribution in [0.5, 0.6) is 0 Å². The van der Waals surface area contributed by atoms with Crippen LogP contribution in [0.4, 0.5) is 41.1 Å². The fourth-order valence-corrected chi connectivity index (χ4v) is 2.94. The number of benzene rings is 1. The average molecular weight is 394 g/mol. The number of hydrogen-bond donors (Lipinski definition) is 2. The normalized spacial score (nSPS) is 14.0. The third-order valence-corrected chi connectivity index (χ3v) is 4.35. The molecule has 2 N–H and O–H groups in total. The van der Waals surface area contributed by atoms with Gasteiger partial charge in [0, 0.05) is 27.2 Å². The van der Waals surface area contributed by atoms with Gasteiger partial charge in [0.25, 0.3) is 0 Å². The minimum atomic E-state index is -1.65. The van der Waals surface area contributed by atoms with E-state index in [9.17, 15) is 18.0 Å². The van der Waals surface area contributed by atoms with E-state index in [0.29, 0.717) is 17.5 Å². The molecule has 10 heteroatoms. The lowest BCUT2D eigenvalue weighted by molar-refractivity contribution is 0.262. The first-order valence-corrected chi connectivity index (χ1v) is 8.87. The first kappa shape index (κ1) is 19.7. The Morgan fingerprint density at radius 2 is 1.71 bits per heavy atom. The fraction of sp³-hybridized carbons (Fsp3) is 0.389. The smallest absolute Gasteiger partial charge is 0.323 e. The third-order valence-electron chi connectivity index (χ3n) is 4.35. The van der Waals surface area contributed by atoms with Gasteiger partial charge in [0.1, 0.15) is 5.69 Å². The lowest BCUT2D eigenvalue weighted by Crippen LogP contribution is -2.31. The number of hydrogen-bond acceptors (Lipinski definition) is 5. The predicted octanol–water partition coefficient (Wildman–Crippen LogP) is 3.59. The molecular formula is C18H21F3N6O. The van der Waals surface area contributed by atoms with E-state index in [0.717, 1.165) is 38.1 Å². The summed E-state index contributed by atoms with van der Waals surface area (Å²) in [5, 5.41) is 4.67. The van der Waals surface area contributed by atoms with Crippen LogP contribution in [0.25, 0.3) is 0 Å². The predicted molar refractivity (Wildman–Crippen MR) is 101 cm³/mol. The van der Waals surface area contributed by atoms with Crippen molar-refractivity contribution in [2.45, 2.75) is 19.3 Å². The number of carbonyl (C=O) groups excluding carboxylic acids is 1. The molecule has 0 spiro atoms. The molecule has 1 aliphatic heterocycles. The molecule has 0 atom stereocenters. The molecule has 1 fully saturated rings. The largest absolute Gasteiger partial charge is 0.361 e.